The van der Waals surface area contributed by atoms with Gasteiger partial charge in [-0.05, 0) is 0 Å². The van der Waals surface area contributed by atoms with Gasteiger partial charge in [-0.15, -0.1) is 0 Å². The molecule has 0 fully saturated rings. The van der Waals surface area contributed by atoms with Crippen molar-refractivity contribution in [3.05, 3.63) is 48.5 Å². The topological polar surface area (TPSA) is 35.2 Å². The van der Waals surface area contributed by atoms with Gasteiger partial charge in [0.2, 0.25) is 0 Å². The molecule has 0 aliphatic carbocycles. The molecule has 84 valence electrons. The van der Waals surface area contributed by atoms with Crippen molar-refractivity contribution < 1.29 is 4.74 Å². The number of methoxy groups -OCH3 is 1. The van der Waals surface area contributed by atoms with E-state index in [1.54, 1.807) is 7.11 Å². The molecule has 0 bridgehead atoms. The summed E-state index contributed by atoms with van der Waals surface area (Å²) < 4.78 is 5.54. The van der Waals surface area contributed by atoms with Crippen molar-refractivity contribution in [1.29, 1.82) is 0 Å². The summed E-state index contributed by atoms with van der Waals surface area (Å²) in [7, 11) is 1.70. The smallest absolute Gasteiger partial charge is 0.134 e. The van der Waals surface area contributed by atoms with Gasteiger partial charge in [0.15, 0.2) is 0 Å². The standard InChI is InChI=1S/C15H13NO/c1-17-15-12-8-4-2-6-10(12)14(16)11-7-3-5-9-13(11)15/h2-9H,16H2,1H3. The van der Waals surface area contributed by atoms with Gasteiger partial charge in [0.25, 0.3) is 0 Å². The first-order valence-corrected chi connectivity index (χ1v) is 5.56. The summed E-state index contributed by atoms with van der Waals surface area (Å²) in [6, 6.07) is 16.1. The van der Waals surface area contributed by atoms with Gasteiger partial charge in [-0.25, -0.2) is 0 Å². The van der Waals surface area contributed by atoms with Crippen molar-refractivity contribution in [2.24, 2.45) is 0 Å². The Labute approximate surface area is 99.6 Å². The van der Waals surface area contributed by atoms with Gasteiger partial charge in [0, 0.05) is 27.2 Å². The molecule has 0 aromatic heterocycles. The molecule has 0 unspecified atom stereocenters. The summed E-state index contributed by atoms with van der Waals surface area (Å²) in [4.78, 5) is 0. The van der Waals surface area contributed by atoms with Crippen LogP contribution in [0.1, 0.15) is 0 Å². The van der Waals surface area contributed by atoms with E-state index in [2.05, 4.69) is 0 Å². The summed E-state index contributed by atoms with van der Waals surface area (Å²) in [6.07, 6.45) is 0. The first-order chi connectivity index (χ1) is 8.33. The maximum absolute atomic E-state index is 6.22. The first kappa shape index (κ1) is 9.97. The maximum atomic E-state index is 6.22. The number of rotatable bonds is 1. The second kappa shape index (κ2) is 3.67. The van der Waals surface area contributed by atoms with Gasteiger partial charge in [-0.1, -0.05) is 48.5 Å². The molecule has 0 aliphatic heterocycles. The Balaban J connectivity index is 2.63. The largest absolute Gasteiger partial charge is 0.495 e. The minimum absolute atomic E-state index is 0.817. The van der Waals surface area contributed by atoms with Gasteiger partial charge in [-0.3, -0.25) is 0 Å². The van der Waals surface area contributed by atoms with E-state index in [4.69, 9.17) is 10.5 Å². The monoisotopic (exact) mass is 223 g/mol. The SMILES string of the molecule is COc1c2ccccc2c(N)c2ccccc12. The number of hydrogen-bond acceptors (Lipinski definition) is 2. The highest BCUT2D eigenvalue weighted by atomic mass is 16.5. The van der Waals surface area contributed by atoms with Crippen LogP contribution in [-0.4, -0.2) is 7.11 Å². The van der Waals surface area contributed by atoms with Crippen LogP contribution in [0.25, 0.3) is 21.5 Å². The fraction of sp³-hybridized carbons (Fsp3) is 0.0667. The van der Waals surface area contributed by atoms with E-state index in [0.29, 0.717) is 0 Å². The molecule has 0 atom stereocenters. The van der Waals surface area contributed by atoms with E-state index >= 15 is 0 Å². The summed E-state index contributed by atoms with van der Waals surface area (Å²) in [5, 5.41) is 4.21. The fourth-order valence-corrected chi connectivity index (χ4v) is 2.34. The van der Waals surface area contributed by atoms with Crippen molar-refractivity contribution in [2.75, 3.05) is 12.8 Å². The third-order valence-electron chi connectivity index (χ3n) is 3.13. The van der Waals surface area contributed by atoms with Crippen LogP contribution in [0, 0.1) is 0 Å². The van der Waals surface area contributed by atoms with Crippen molar-refractivity contribution >= 4 is 27.2 Å². The number of ether oxygens (including phenoxy) is 1. The molecule has 17 heavy (non-hydrogen) atoms. The number of nitrogens with two attached hydrogens (primary N) is 1. The molecule has 0 heterocycles. The van der Waals surface area contributed by atoms with Gasteiger partial charge < -0.3 is 10.5 Å². The molecule has 0 aliphatic rings. The molecule has 2 heteroatoms. The average Bonchev–Trinajstić information content (AvgIpc) is 2.40. The summed E-state index contributed by atoms with van der Waals surface area (Å²) in [5.74, 6) is 0.894. The molecular formula is C15H13NO. The molecule has 0 radical (unpaired) electrons. The van der Waals surface area contributed by atoms with Crippen LogP contribution in [0.4, 0.5) is 5.69 Å². The number of hydrogen-bond donors (Lipinski definition) is 1. The predicted octanol–water partition coefficient (Wildman–Crippen LogP) is 3.58. The Morgan fingerprint density at radius 1 is 0.765 bits per heavy atom. The lowest BCUT2D eigenvalue weighted by atomic mass is 10.00. The number of nitrogen functional groups attached to an aromatic ring is 1. The zero-order valence-corrected chi connectivity index (χ0v) is 9.60. The van der Waals surface area contributed by atoms with Crippen LogP contribution < -0.4 is 10.5 Å². The minimum atomic E-state index is 0.817. The van der Waals surface area contributed by atoms with Gasteiger partial charge in [0.05, 0.1) is 7.11 Å². The van der Waals surface area contributed by atoms with Crippen molar-refractivity contribution in [1.82, 2.24) is 0 Å². The first-order valence-electron chi connectivity index (χ1n) is 5.56. The highest BCUT2D eigenvalue weighted by Gasteiger charge is 2.10. The Morgan fingerprint density at radius 3 is 1.59 bits per heavy atom. The quantitative estimate of drug-likeness (QED) is 0.505. The second-order valence-electron chi connectivity index (χ2n) is 4.04. The number of benzene rings is 3. The Kier molecular flexibility index (Phi) is 2.15. The highest BCUT2D eigenvalue weighted by molar-refractivity contribution is 6.14. The van der Waals surface area contributed by atoms with Crippen LogP contribution in [0.5, 0.6) is 5.75 Å². The molecule has 0 saturated heterocycles. The lowest BCUT2D eigenvalue weighted by Crippen LogP contribution is -1.93. The molecule has 0 amide bonds. The second-order valence-corrected chi connectivity index (χ2v) is 4.04. The predicted molar refractivity (Wildman–Crippen MR) is 72.4 cm³/mol. The van der Waals surface area contributed by atoms with Crippen LogP contribution in [0.3, 0.4) is 0 Å². The molecule has 2 nitrogen and oxygen atoms in total. The molecule has 0 spiro atoms. The fourth-order valence-electron chi connectivity index (χ4n) is 2.34. The van der Waals surface area contributed by atoms with Gasteiger partial charge in [-0.2, -0.15) is 0 Å². The van der Waals surface area contributed by atoms with Crippen LogP contribution in [0.15, 0.2) is 48.5 Å². The van der Waals surface area contributed by atoms with E-state index in [0.717, 1.165) is 33.0 Å². The van der Waals surface area contributed by atoms with E-state index in [1.807, 2.05) is 48.5 Å². The van der Waals surface area contributed by atoms with Crippen molar-refractivity contribution in [3.63, 3.8) is 0 Å². The highest BCUT2D eigenvalue weighted by Crippen LogP contribution is 2.39. The van der Waals surface area contributed by atoms with E-state index in [-0.39, 0.29) is 0 Å². The third-order valence-corrected chi connectivity index (χ3v) is 3.13. The van der Waals surface area contributed by atoms with Crippen molar-refractivity contribution in [2.45, 2.75) is 0 Å². The van der Waals surface area contributed by atoms with Crippen LogP contribution in [0.2, 0.25) is 0 Å². The number of anilines is 1. The summed E-state index contributed by atoms with van der Waals surface area (Å²) >= 11 is 0. The molecule has 3 rings (SSSR count). The van der Waals surface area contributed by atoms with Crippen molar-refractivity contribution in [3.8, 4) is 5.75 Å². The molecule has 3 aromatic rings. The summed E-state index contributed by atoms with van der Waals surface area (Å²) in [5.41, 5.74) is 7.04. The van der Waals surface area contributed by atoms with Gasteiger partial charge >= 0.3 is 0 Å². The van der Waals surface area contributed by atoms with Crippen LogP contribution >= 0.6 is 0 Å². The third kappa shape index (κ3) is 1.34. The number of fused-ring (bicyclic) bond motifs is 2. The Bertz CT molecular complexity index is 647. The summed E-state index contributed by atoms with van der Waals surface area (Å²) in [6.45, 7) is 0. The normalized spacial score (nSPS) is 10.9. The average molecular weight is 223 g/mol. The lowest BCUT2D eigenvalue weighted by molar-refractivity contribution is 0.424. The van der Waals surface area contributed by atoms with E-state index in [9.17, 15) is 0 Å². The van der Waals surface area contributed by atoms with Gasteiger partial charge in [0.1, 0.15) is 5.75 Å². The maximum Gasteiger partial charge on any atom is 0.134 e. The molecule has 3 aromatic carbocycles. The zero-order chi connectivity index (χ0) is 11.8. The molecule has 2 N–H and O–H groups in total. The Hall–Kier alpha value is -2.22. The van der Waals surface area contributed by atoms with Crippen LogP contribution in [-0.2, 0) is 0 Å². The van der Waals surface area contributed by atoms with E-state index < -0.39 is 0 Å². The molecular weight excluding hydrogens is 210 g/mol. The lowest BCUT2D eigenvalue weighted by Gasteiger charge is -2.12. The van der Waals surface area contributed by atoms with E-state index in [1.165, 1.54) is 0 Å². The Morgan fingerprint density at radius 2 is 1.18 bits per heavy atom. The molecule has 0 saturated carbocycles. The minimum Gasteiger partial charge on any atom is -0.495 e. The zero-order valence-electron chi connectivity index (χ0n) is 9.60.